The number of methoxy groups -OCH3 is 1. The second-order valence-electron chi connectivity index (χ2n) is 5.11. The first-order chi connectivity index (χ1) is 11.7. The topological polar surface area (TPSA) is 76.7 Å². The van der Waals surface area contributed by atoms with Gasteiger partial charge in [-0.2, -0.15) is 0 Å². The summed E-state index contributed by atoms with van der Waals surface area (Å²) >= 11 is 0. The van der Waals surface area contributed by atoms with E-state index in [1.165, 1.54) is 6.08 Å². The molecule has 0 radical (unpaired) electrons. The van der Waals surface area contributed by atoms with E-state index >= 15 is 0 Å². The van der Waals surface area contributed by atoms with Gasteiger partial charge in [-0.1, -0.05) is 18.2 Å². The average Bonchev–Trinajstić information content (AvgIpc) is 2.60. The Hall–Kier alpha value is -3.28. The van der Waals surface area contributed by atoms with Crippen LogP contribution in [0.3, 0.4) is 0 Å². The lowest BCUT2D eigenvalue weighted by Gasteiger charge is -2.18. The molecule has 6 heteroatoms. The van der Waals surface area contributed by atoms with Gasteiger partial charge < -0.3 is 20.1 Å². The molecular formula is C18H16N2O4. The molecule has 2 aromatic carbocycles. The summed E-state index contributed by atoms with van der Waals surface area (Å²) < 4.78 is 10.5. The molecule has 2 aromatic rings. The Kier molecular flexibility index (Phi) is 4.47. The summed E-state index contributed by atoms with van der Waals surface area (Å²) in [6.07, 6.45) is 3.10. The first kappa shape index (κ1) is 15.6. The van der Waals surface area contributed by atoms with E-state index in [2.05, 4.69) is 10.6 Å². The van der Waals surface area contributed by atoms with E-state index in [1.54, 1.807) is 31.4 Å². The smallest absolute Gasteiger partial charge is 0.262 e. The molecule has 3 rings (SSSR count). The molecule has 6 nitrogen and oxygen atoms in total. The highest BCUT2D eigenvalue weighted by Crippen LogP contribution is 2.30. The summed E-state index contributed by atoms with van der Waals surface area (Å²) in [7, 11) is 1.58. The molecule has 2 amide bonds. The number of fused-ring (bicyclic) bond motifs is 1. The number of anilines is 2. The van der Waals surface area contributed by atoms with Crippen LogP contribution in [0.5, 0.6) is 11.5 Å². The number of hydrogen-bond acceptors (Lipinski definition) is 4. The number of carbonyl (C=O) groups is 2. The highest BCUT2D eigenvalue weighted by Gasteiger charge is 2.16. The predicted octanol–water partition coefficient (Wildman–Crippen LogP) is 2.68. The zero-order valence-corrected chi connectivity index (χ0v) is 13.0. The van der Waals surface area contributed by atoms with Crippen molar-refractivity contribution in [2.24, 2.45) is 0 Å². The quantitative estimate of drug-likeness (QED) is 0.848. The van der Waals surface area contributed by atoms with Crippen molar-refractivity contribution in [1.29, 1.82) is 0 Å². The molecule has 1 heterocycles. The van der Waals surface area contributed by atoms with Gasteiger partial charge in [0, 0.05) is 17.3 Å². The largest absolute Gasteiger partial charge is 0.496 e. The Bertz CT molecular complexity index is 814. The van der Waals surface area contributed by atoms with Crippen LogP contribution in [0, 0.1) is 0 Å². The molecular weight excluding hydrogens is 308 g/mol. The fourth-order valence-electron chi connectivity index (χ4n) is 2.31. The number of amides is 2. The van der Waals surface area contributed by atoms with Crippen LogP contribution in [-0.2, 0) is 9.59 Å². The maximum atomic E-state index is 12.1. The third-order valence-corrected chi connectivity index (χ3v) is 3.43. The van der Waals surface area contributed by atoms with Crippen molar-refractivity contribution >= 4 is 29.3 Å². The maximum absolute atomic E-state index is 12.1. The first-order valence-electron chi connectivity index (χ1n) is 7.34. The number of carbonyl (C=O) groups excluding carboxylic acids is 2. The highest BCUT2D eigenvalue weighted by molar-refractivity contribution is 6.03. The Labute approximate surface area is 139 Å². The SMILES string of the molecule is COc1ccccc1/C=C/C(=O)Nc1ccc2c(c1)NC(=O)CO2. The van der Waals surface area contributed by atoms with Crippen molar-refractivity contribution in [1.82, 2.24) is 0 Å². The van der Waals surface area contributed by atoms with Crippen molar-refractivity contribution in [2.45, 2.75) is 0 Å². The maximum Gasteiger partial charge on any atom is 0.262 e. The van der Waals surface area contributed by atoms with Gasteiger partial charge in [-0.25, -0.2) is 0 Å². The summed E-state index contributed by atoms with van der Waals surface area (Å²) in [6, 6.07) is 12.5. The lowest BCUT2D eigenvalue weighted by Crippen LogP contribution is -2.25. The molecule has 1 aliphatic rings. The van der Waals surface area contributed by atoms with Crippen molar-refractivity contribution < 1.29 is 19.1 Å². The van der Waals surface area contributed by atoms with E-state index in [-0.39, 0.29) is 18.4 Å². The van der Waals surface area contributed by atoms with Crippen LogP contribution in [0.1, 0.15) is 5.56 Å². The van der Waals surface area contributed by atoms with Crippen molar-refractivity contribution in [2.75, 3.05) is 24.4 Å². The molecule has 24 heavy (non-hydrogen) atoms. The Morgan fingerprint density at radius 1 is 1.29 bits per heavy atom. The molecule has 0 bridgehead atoms. The van der Waals surface area contributed by atoms with Crippen LogP contribution in [0.4, 0.5) is 11.4 Å². The number of hydrogen-bond donors (Lipinski definition) is 2. The lowest BCUT2D eigenvalue weighted by molar-refractivity contribution is -0.118. The fraction of sp³-hybridized carbons (Fsp3) is 0.111. The summed E-state index contributed by atoms with van der Waals surface area (Å²) in [5, 5.41) is 5.44. The molecule has 0 saturated carbocycles. The van der Waals surface area contributed by atoms with E-state index < -0.39 is 0 Å². The molecule has 0 fully saturated rings. The van der Waals surface area contributed by atoms with E-state index in [1.807, 2.05) is 24.3 Å². The van der Waals surface area contributed by atoms with Crippen LogP contribution in [0.15, 0.2) is 48.5 Å². The van der Waals surface area contributed by atoms with E-state index in [0.717, 1.165) is 5.56 Å². The normalized spacial score (nSPS) is 13.0. The van der Waals surface area contributed by atoms with Crippen molar-refractivity contribution in [3.05, 3.63) is 54.1 Å². The van der Waals surface area contributed by atoms with Crippen LogP contribution >= 0.6 is 0 Å². The van der Waals surface area contributed by atoms with E-state index in [0.29, 0.717) is 22.9 Å². The third-order valence-electron chi connectivity index (χ3n) is 3.43. The predicted molar refractivity (Wildman–Crippen MR) is 91.2 cm³/mol. The van der Waals surface area contributed by atoms with Crippen molar-refractivity contribution in [3.63, 3.8) is 0 Å². The number of nitrogens with one attached hydrogen (secondary N) is 2. The molecule has 0 atom stereocenters. The zero-order chi connectivity index (χ0) is 16.9. The van der Waals surface area contributed by atoms with Gasteiger partial charge in [-0.3, -0.25) is 9.59 Å². The molecule has 2 N–H and O–H groups in total. The van der Waals surface area contributed by atoms with Gasteiger partial charge in [0.2, 0.25) is 5.91 Å². The first-order valence-corrected chi connectivity index (χ1v) is 7.34. The van der Waals surface area contributed by atoms with E-state index in [4.69, 9.17) is 9.47 Å². The Balaban J connectivity index is 1.70. The minimum absolute atomic E-state index is 0.000349. The van der Waals surface area contributed by atoms with E-state index in [9.17, 15) is 9.59 Å². The number of benzene rings is 2. The van der Waals surface area contributed by atoms with Gasteiger partial charge in [0.15, 0.2) is 6.61 Å². The number of rotatable bonds is 4. The number of para-hydroxylation sites is 1. The Morgan fingerprint density at radius 3 is 2.96 bits per heavy atom. The standard InChI is InChI=1S/C18H16N2O4/c1-23-15-5-3-2-4-12(15)6-9-17(21)19-13-7-8-16-14(10-13)20-18(22)11-24-16/h2-10H,11H2,1H3,(H,19,21)(H,20,22)/b9-6+. The summed E-state index contributed by atoms with van der Waals surface area (Å²) in [4.78, 5) is 23.4. The number of ether oxygens (including phenoxy) is 2. The minimum atomic E-state index is -0.288. The molecule has 0 aromatic heterocycles. The van der Waals surface area contributed by atoms with Gasteiger partial charge in [-0.15, -0.1) is 0 Å². The average molecular weight is 324 g/mol. The molecule has 0 aliphatic carbocycles. The van der Waals surface area contributed by atoms with Gasteiger partial charge in [0.25, 0.3) is 5.91 Å². The minimum Gasteiger partial charge on any atom is -0.496 e. The zero-order valence-electron chi connectivity index (χ0n) is 13.0. The van der Waals surface area contributed by atoms with Gasteiger partial charge in [-0.05, 0) is 30.3 Å². The van der Waals surface area contributed by atoms with Crippen LogP contribution in [0.2, 0.25) is 0 Å². The van der Waals surface area contributed by atoms with Gasteiger partial charge >= 0.3 is 0 Å². The molecule has 0 saturated heterocycles. The summed E-state index contributed by atoms with van der Waals surface area (Å²) in [6.45, 7) is 0.000349. The second-order valence-corrected chi connectivity index (χ2v) is 5.11. The van der Waals surface area contributed by atoms with Gasteiger partial charge in [0.05, 0.1) is 12.8 Å². The monoisotopic (exact) mass is 324 g/mol. The molecule has 0 unspecified atom stereocenters. The third kappa shape index (κ3) is 3.55. The van der Waals surface area contributed by atoms with Crippen LogP contribution in [-0.4, -0.2) is 25.5 Å². The van der Waals surface area contributed by atoms with Crippen molar-refractivity contribution in [3.8, 4) is 11.5 Å². The fourth-order valence-corrected chi connectivity index (χ4v) is 2.31. The second kappa shape index (κ2) is 6.87. The molecule has 0 spiro atoms. The van der Waals surface area contributed by atoms with Gasteiger partial charge in [0.1, 0.15) is 11.5 Å². The lowest BCUT2D eigenvalue weighted by atomic mass is 10.2. The summed E-state index contributed by atoms with van der Waals surface area (Å²) in [5.41, 5.74) is 1.91. The molecule has 1 aliphatic heterocycles. The molecule has 122 valence electrons. The van der Waals surface area contributed by atoms with Crippen LogP contribution in [0.25, 0.3) is 6.08 Å². The Morgan fingerprint density at radius 2 is 2.12 bits per heavy atom. The summed E-state index contributed by atoms with van der Waals surface area (Å²) in [5.74, 6) is 0.762. The van der Waals surface area contributed by atoms with Crippen LogP contribution < -0.4 is 20.1 Å². The highest BCUT2D eigenvalue weighted by atomic mass is 16.5.